The molecule has 108 valence electrons. The van der Waals surface area contributed by atoms with Crippen molar-refractivity contribution in [3.05, 3.63) is 45.0 Å². The standard InChI is InChI=1S/C12H14ClFN4O2/c1-20-12(19)11(16-6-3-7-17-18-15)8-4-2-5-9(13)10(8)14/h2,4-5,11,16H,3,6-7H2,1H3. The van der Waals surface area contributed by atoms with Crippen molar-refractivity contribution < 1.29 is 13.9 Å². The van der Waals surface area contributed by atoms with E-state index in [1.807, 2.05) is 0 Å². The number of nitrogens with one attached hydrogen (secondary N) is 1. The van der Waals surface area contributed by atoms with E-state index in [0.717, 1.165) is 0 Å². The van der Waals surface area contributed by atoms with Gasteiger partial charge in [0, 0.05) is 17.0 Å². The van der Waals surface area contributed by atoms with E-state index in [-0.39, 0.29) is 17.1 Å². The van der Waals surface area contributed by atoms with E-state index in [4.69, 9.17) is 17.1 Å². The maximum absolute atomic E-state index is 13.9. The minimum atomic E-state index is -0.954. The zero-order valence-corrected chi connectivity index (χ0v) is 11.6. The Labute approximate surface area is 120 Å². The Kier molecular flexibility index (Phi) is 6.79. The largest absolute Gasteiger partial charge is 0.468 e. The molecule has 0 fully saturated rings. The molecule has 0 saturated carbocycles. The van der Waals surface area contributed by atoms with Crippen LogP contribution in [-0.4, -0.2) is 26.2 Å². The summed E-state index contributed by atoms with van der Waals surface area (Å²) in [6.07, 6.45) is 0.514. The molecule has 0 bridgehead atoms. The van der Waals surface area contributed by atoms with Crippen LogP contribution in [0.25, 0.3) is 10.4 Å². The van der Waals surface area contributed by atoms with Crippen molar-refractivity contribution in [2.45, 2.75) is 12.5 Å². The van der Waals surface area contributed by atoms with Gasteiger partial charge in [-0.25, -0.2) is 9.18 Å². The SMILES string of the molecule is COC(=O)C(NCCCN=[N+]=[N-])c1cccc(Cl)c1F. The van der Waals surface area contributed by atoms with Gasteiger partial charge in [0.1, 0.15) is 11.9 Å². The van der Waals surface area contributed by atoms with Crippen molar-refractivity contribution in [1.82, 2.24) is 5.32 Å². The third kappa shape index (κ3) is 4.38. The molecule has 0 heterocycles. The summed E-state index contributed by atoms with van der Waals surface area (Å²) in [7, 11) is 1.22. The van der Waals surface area contributed by atoms with Crippen LogP contribution < -0.4 is 5.32 Å². The van der Waals surface area contributed by atoms with Crippen LogP contribution in [0.1, 0.15) is 18.0 Å². The van der Waals surface area contributed by atoms with Gasteiger partial charge in [-0.2, -0.15) is 0 Å². The smallest absolute Gasteiger partial charge is 0.327 e. The first kappa shape index (κ1) is 16.2. The Morgan fingerprint density at radius 1 is 1.65 bits per heavy atom. The maximum atomic E-state index is 13.9. The van der Waals surface area contributed by atoms with Crippen LogP contribution in [0.2, 0.25) is 5.02 Å². The van der Waals surface area contributed by atoms with Gasteiger partial charge in [0.05, 0.1) is 12.1 Å². The number of carbonyl (C=O) groups excluding carboxylic acids is 1. The highest BCUT2D eigenvalue weighted by molar-refractivity contribution is 6.30. The predicted octanol–water partition coefficient (Wildman–Crippen LogP) is 2.98. The Hall–Kier alpha value is -1.82. The molecule has 1 aromatic rings. The van der Waals surface area contributed by atoms with Crippen LogP contribution in [0, 0.1) is 5.82 Å². The van der Waals surface area contributed by atoms with E-state index in [1.165, 1.54) is 19.2 Å². The number of hydrogen-bond donors (Lipinski definition) is 1. The van der Waals surface area contributed by atoms with Gasteiger partial charge in [0.15, 0.2) is 0 Å². The summed E-state index contributed by atoms with van der Waals surface area (Å²) >= 11 is 5.70. The average Bonchev–Trinajstić information content (AvgIpc) is 2.46. The molecular weight excluding hydrogens is 287 g/mol. The van der Waals surface area contributed by atoms with E-state index in [2.05, 4.69) is 20.1 Å². The molecule has 1 aromatic carbocycles. The van der Waals surface area contributed by atoms with Crippen LogP contribution in [0.15, 0.2) is 23.3 Å². The summed E-state index contributed by atoms with van der Waals surface area (Å²) in [6.45, 7) is 0.653. The number of azide groups is 1. The third-order valence-corrected chi connectivity index (χ3v) is 2.87. The van der Waals surface area contributed by atoms with E-state index in [9.17, 15) is 9.18 Å². The van der Waals surface area contributed by atoms with Gasteiger partial charge < -0.3 is 10.1 Å². The van der Waals surface area contributed by atoms with Crippen LogP contribution in [0.4, 0.5) is 4.39 Å². The Morgan fingerprint density at radius 3 is 3.05 bits per heavy atom. The lowest BCUT2D eigenvalue weighted by Gasteiger charge is -2.17. The summed E-state index contributed by atoms with van der Waals surface area (Å²) < 4.78 is 18.6. The minimum absolute atomic E-state index is 0.0627. The summed E-state index contributed by atoms with van der Waals surface area (Å²) in [5.74, 6) is -1.28. The predicted molar refractivity (Wildman–Crippen MR) is 72.8 cm³/mol. The average molecular weight is 301 g/mol. The lowest BCUT2D eigenvalue weighted by molar-refractivity contribution is -0.143. The molecule has 0 saturated heterocycles. The van der Waals surface area contributed by atoms with Gasteiger partial charge in [-0.3, -0.25) is 0 Å². The van der Waals surface area contributed by atoms with Gasteiger partial charge in [-0.1, -0.05) is 28.8 Å². The summed E-state index contributed by atoms with van der Waals surface area (Å²) in [5, 5.41) is 6.16. The van der Waals surface area contributed by atoms with Gasteiger partial charge in [0.2, 0.25) is 0 Å². The number of ether oxygens (including phenoxy) is 1. The van der Waals surface area contributed by atoms with Crippen LogP contribution in [-0.2, 0) is 9.53 Å². The monoisotopic (exact) mass is 300 g/mol. The number of rotatable bonds is 7. The maximum Gasteiger partial charge on any atom is 0.327 e. The van der Waals surface area contributed by atoms with Gasteiger partial charge in [0.25, 0.3) is 0 Å². The lowest BCUT2D eigenvalue weighted by Crippen LogP contribution is -2.31. The van der Waals surface area contributed by atoms with Gasteiger partial charge in [-0.05, 0) is 24.6 Å². The van der Waals surface area contributed by atoms with Crippen molar-refractivity contribution in [2.24, 2.45) is 5.11 Å². The quantitative estimate of drug-likeness (QED) is 0.276. The van der Waals surface area contributed by atoms with E-state index in [1.54, 1.807) is 6.07 Å². The number of carbonyl (C=O) groups is 1. The number of halogens is 2. The molecule has 0 radical (unpaired) electrons. The van der Waals surface area contributed by atoms with Gasteiger partial charge >= 0.3 is 5.97 Å². The summed E-state index contributed by atoms with van der Waals surface area (Å²) in [5.41, 5.74) is 8.26. The molecule has 0 aliphatic carbocycles. The van der Waals surface area contributed by atoms with Crippen LogP contribution in [0.3, 0.4) is 0 Å². The minimum Gasteiger partial charge on any atom is -0.468 e. The first-order valence-corrected chi connectivity index (χ1v) is 6.25. The van der Waals surface area contributed by atoms with Crippen LogP contribution >= 0.6 is 11.6 Å². The summed E-state index contributed by atoms with van der Waals surface area (Å²) in [4.78, 5) is 14.3. The lowest BCUT2D eigenvalue weighted by atomic mass is 10.1. The first-order chi connectivity index (χ1) is 9.61. The highest BCUT2D eigenvalue weighted by Crippen LogP contribution is 2.24. The van der Waals surface area contributed by atoms with Gasteiger partial charge in [-0.15, -0.1) is 0 Å². The number of benzene rings is 1. The van der Waals surface area contributed by atoms with Crippen molar-refractivity contribution in [2.75, 3.05) is 20.2 Å². The molecule has 20 heavy (non-hydrogen) atoms. The van der Waals surface area contributed by atoms with Crippen molar-refractivity contribution in [1.29, 1.82) is 0 Å². The first-order valence-electron chi connectivity index (χ1n) is 5.87. The fraction of sp³-hybridized carbons (Fsp3) is 0.417. The molecule has 1 unspecified atom stereocenters. The molecule has 0 aliphatic rings. The van der Waals surface area contributed by atoms with Crippen molar-refractivity contribution in [3.8, 4) is 0 Å². The number of hydrogen-bond acceptors (Lipinski definition) is 4. The Morgan fingerprint density at radius 2 is 2.40 bits per heavy atom. The van der Waals surface area contributed by atoms with Crippen LogP contribution in [0.5, 0.6) is 0 Å². The fourth-order valence-corrected chi connectivity index (χ4v) is 1.80. The highest BCUT2D eigenvalue weighted by Gasteiger charge is 2.24. The topological polar surface area (TPSA) is 87.1 Å². The molecular formula is C12H14ClFN4O2. The third-order valence-electron chi connectivity index (χ3n) is 2.58. The Balaban J connectivity index is 2.81. The van der Waals surface area contributed by atoms with Crippen molar-refractivity contribution >= 4 is 17.6 Å². The molecule has 0 spiro atoms. The molecule has 6 nitrogen and oxygen atoms in total. The number of esters is 1. The van der Waals surface area contributed by atoms with Crippen molar-refractivity contribution in [3.63, 3.8) is 0 Å². The zero-order valence-electron chi connectivity index (χ0n) is 10.8. The normalized spacial score (nSPS) is 11.6. The molecule has 1 rings (SSSR count). The number of nitrogens with zero attached hydrogens (tertiary/aromatic N) is 3. The number of methoxy groups -OCH3 is 1. The highest BCUT2D eigenvalue weighted by atomic mass is 35.5. The molecule has 1 N–H and O–H groups in total. The molecule has 0 aliphatic heterocycles. The van der Waals surface area contributed by atoms with E-state index < -0.39 is 17.8 Å². The van der Waals surface area contributed by atoms with E-state index in [0.29, 0.717) is 13.0 Å². The summed E-state index contributed by atoms with van der Waals surface area (Å²) in [6, 6.07) is 3.46. The second-order valence-electron chi connectivity index (χ2n) is 3.86. The fourth-order valence-electron chi connectivity index (χ4n) is 1.62. The van der Waals surface area contributed by atoms with E-state index >= 15 is 0 Å². The molecule has 0 amide bonds. The molecule has 0 aromatic heterocycles. The zero-order chi connectivity index (χ0) is 15.0. The Bertz CT molecular complexity index is 520. The second-order valence-corrected chi connectivity index (χ2v) is 4.27. The second kappa shape index (κ2) is 8.37. The molecule has 1 atom stereocenters. The molecule has 8 heteroatoms.